The van der Waals surface area contributed by atoms with Gasteiger partial charge in [-0.05, 0) is 31.8 Å². The second kappa shape index (κ2) is 3.05. The SMILES string of the molecule is c1noc(C2C3CC[N@](C3)C23CCNC3)n1. The summed E-state index contributed by atoms with van der Waals surface area (Å²) in [6.07, 6.45) is 4.04. The van der Waals surface area contributed by atoms with Gasteiger partial charge in [-0.3, -0.25) is 4.90 Å². The highest BCUT2D eigenvalue weighted by Gasteiger charge is 2.60. The number of nitrogens with zero attached hydrogens (tertiary/aromatic N) is 3. The number of nitrogens with one attached hydrogen (secondary N) is 1. The van der Waals surface area contributed by atoms with Crippen molar-refractivity contribution in [2.75, 3.05) is 26.2 Å². The third kappa shape index (κ3) is 0.978. The Kier molecular flexibility index (Phi) is 1.74. The fourth-order valence-electron chi connectivity index (χ4n) is 4.08. The maximum Gasteiger partial charge on any atom is 0.231 e. The van der Waals surface area contributed by atoms with Crippen LogP contribution in [0.1, 0.15) is 24.7 Å². The van der Waals surface area contributed by atoms with Crippen molar-refractivity contribution >= 4 is 0 Å². The second-order valence-electron chi connectivity index (χ2n) is 5.28. The van der Waals surface area contributed by atoms with Gasteiger partial charge in [0, 0.05) is 18.6 Å². The lowest BCUT2D eigenvalue weighted by Gasteiger charge is -2.40. The quantitative estimate of drug-likeness (QED) is 0.733. The topological polar surface area (TPSA) is 54.2 Å². The Hall–Kier alpha value is -0.940. The molecule has 3 fully saturated rings. The minimum Gasteiger partial charge on any atom is -0.339 e. The maximum atomic E-state index is 5.34. The first kappa shape index (κ1) is 9.13. The highest BCUT2D eigenvalue weighted by molar-refractivity contribution is 5.21. The first-order valence-electron chi connectivity index (χ1n) is 6.12. The number of rotatable bonds is 1. The van der Waals surface area contributed by atoms with Gasteiger partial charge >= 0.3 is 0 Å². The van der Waals surface area contributed by atoms with Crippen molar-refractivity contribution in [2.45, 2.75) is 24.3 Å². The molecule has 0 radical (unpaired) electrons. The monoisotopic (exact) mass is 220 g/mol. The lowest BCUT2D eigenvalue weighted by Crippen LogP contribution is -2.50. The Balaban J connectivity index is 1.78. The van der Waals surface area contributed by atoms with Crippen LogP contribution in [0, 0.1) is 5.92 Å². The minimum atomic E-state index is 0.273. The van der Waals surface area contributed by atoms with E-state index in [-0.39, 0.29) is 5.54 Å². The fraction of sp³-hybridized carbons (Fsp3) is 0.818. The summed E-state index contributed by atoms with van der Waals surface area (Å²) in [5.74, 6) is 2.04. The lowest BCUT2D eigenvalue weighted by atomic mass is 9.75. The molecule has 1 aromatic heterocycles. The molecule has 3 aliphatic heterocycles. The van der Waals surface area contributed by atoms with E-state index < -0.39 is 0 Å². The van der Waals surface area contributed by atoms with E-state index in [4.69, 9.17) is 4.52 Å². The number of hydrogen-bond donors (Lipinski definition) is 1. The summed E-state index contributed by atoms with van der Waals surface area (Å²) in [6.45, 7) is 4.66. The van der Waals surface area contributed by atoms with E-state index >= 15 is 0 Å². The number of hydrogen-bond acceptors (Lipinski definition) is 5. The largest absolute Gasteiger partial charge is 0.339 e. The van der Waals surface area contributed by atoms with Crippen LogP contribution in [0.15, 0.2) is 10.9 Å². The van der Waals surface area contributed by atoms with Crippen LogP contribution < -0.4 is 5.32 Å². The van der Waals surface area contributed by atoms with Crippen LogP contribution in [0.4, 0.5) is 0 Å². The summed E-state index contributed by atoms with van der Waals surface area (Å²) in [6, 6.07) is 0. The predicted octanol–water partition coefficient (Wildman–Crippen LogP) is 0.221. The van der Waals surface area contributed by atoms with Crippen molar-refractivity contribution in [3.63, 3.8) is 0 Å². The third-order valence-corrected chi connectivity index (χ3v) is 4.72. The maximum absolute atomic E-state index is 5.34. The molecule has 3 saturated heterocycles. The lowest BCUT2D eigenvalue weighted by molar-refractivity contribution is 0.114. The van der Waals surface area contributed by atoms with Crippen LogP contribution >= 0.6 is 0 Å². The molecule has 4 rings (SSSR count). The third-order valence-electron chi connectivity index (χ3n) is 4.72. The molecule has 3 unspecified atom stereocenters. The van der Waals surface area contributed by atoms with Gasteiger partial charge in [0.15, 0.2) is 6.33 Å². The zero-order valence-corrected chi connectivity index (χ0v) is 9.22. The normalized spacial score (nSPS) is 45.9. The van der Waals surface area contributed by atoms with Crippen LogP contribution in [-0.4, -0.2) is 46.8 Å². The second-order valence-corrected chi connectivity index (χ2v) is 5.28. The predicted molar refractivity (Wildman–Crippen MR) is 56.9 cm³/mol. The van der Waals surface area contributed by atoms with Gasteiger partial charge in [-0.2, -0.15) is 4.98 Å². The Bertz CT molecular complexity index is 385. The van der Waals surface area contributed by atoms with E-state index in [0.29, 0.717) is 5.92 Å². The summed E-state index contributed by atoms with van der Waals surface area (Å²) in [5.41, 5.74) is 0.273. The van der Waals surface area contributed by atoms with Crippen LogP contribution in [0.25, 0.3) is 0 Å². The summed E-state index contributed by atoms with van der Waals surface area (Å²) >= 11 is 0. The van der Waals surface area contributed by atoms with Crippen molar-refractivity contribution in [3.8, 4) is 0 Å². The number of fused-ring (bicyclic) bond motifs is 3. The smallest absolute Gasteiger partial charge is 0.231 e. The van der Waals surface area contributed by atoms with Crippen molar-refractivity contribution < 1.29 is 4.52 Å². The van der Waals surface area contributed by atoms with Crippen molar-refractivity contribution in [1.82, 2.24) is 20.4 Å². The van der Waals surface area contributed by atoms with Crippen LogP contribution in [0.3, 0.4) is 0 Å². The molecule has 5 heteroatoms. The van der Waals surface area contributed by atoms with Gasteiger partial charge in [0.1, 0.15) is 0 Å². The molecule has 0 amide bonds. The van der Waals surface area contributed by atoms with Gasteiger partial charge in [-0.1, -0.05) is 5.16 Å². The molecule has 1 spiro atoms. The molecule has 1 N–H and O–H groups in total. The van der Waals surface area contributed by atoms with Crippen LogP contribution in [0.2, 0.25) is 0 Å². The molecule has 16 heavy (non-hydrogen) atoms. The first-order valence-corrected chi connectivity index (χ1v) is 6.12. The van der Waals surface area contributed by atoms with E-state index in [1.165, 1.54) is 32.3 Å². The van der Waals surface area contributed by atoms with Crippen molar-refractivity contribution in [2.24, 2.45) is 5.92 Å². The Labute approximate surface area is 94.2 Å². The summed E-state index contributed by atoms with van der Waals surface area (Å²) in [4.78, 5) is 6.95. The highest BCUT2D eigenvalue weighted by Crippen LogP contribution is 2.53. The van der Waals surface area contributed by atoms with Crippen molar-refractivity contribution in [1.29, 1.82) is 0 Å². The summed E-state index contributed by atoms with van der Waals surface area (Å²) in [7, 11) is 0. The molecule has 4 atom stereocenters. The first-order chi connectivity index (χ1) is 7.90. The molecule has 86 valence electrons. The molecule has 5 nitrogen and oxygen atoms in total. The molecule has 4 heterocycles. The van der Waals surface area contributed by atoms with Crippen molar-refractivity contribution in [3.05, 3.63) is 12.2 Å². The fourth-order valence-corrected chi connectivity index (χ4v) is 4.08. The van der Waals surface area contributed by atoms with Gasteiger partial charge in [0.05, 0.1) is 5.92 Å². The Morgan fingerprint density at radius 1 is 1.56 bits per heavy atom. The molecular formula is C11H16N4O. The van der Waals surface area contributed by atoms with E-state index in [2.05, 4.69) is 20.4 Å². The molecule has 3 aliphatic rings. The van der Waals surface area contributed by atoms with Gasteiger partial charge in [-0.15, -0.1) is 0 Å². The van der Waals surface area contributed by atoms with Gasteiger partial charge < -0.3 is 9.84 Å². The van der Waals surface area contributed by atoms with Crippen LogP contribution in [-0.2, 0) is 0 Å². The molecule has 0 aromatic carbocycles. The van der Waals surface area contributed by atoms with Gasteiger partial charge in [-0.25, -0.2) is 0 Å². The zero-order valence-electron chi connectivity index (χ0n) is 9.22. The standard InChI is InChI=1S/C11H16N4O/c1-4-15-5-8(1)9(10-13-7-14-16-10)11(15)2-3-12-6-11/h7-9,12H,1-6H2. The zero-order chi connectivity index (χ0) is 10.6. The van der Waals surface area contributed by atoms with E-state index in [1.54, 1.807) is 0 Å². The molecule has 0 saturated carbocycles. The van der Waals surface area contributed by atoms with E-state index in [9.17, 15) is 0 Å². The molecule has 1 aromatic rings. The average molecular weight is 220 g/mol. The number of aromatic nitrogens is 2. The van der Waals surface area contributed by atoms with Crippen LogP contribution in [0.5, 0.6) is 0 Å². The minimum absolute atomic E-state index is 0.273. The Morgan fingerprint density at radius 3 is 3.31 bits per heavy atom. The molecule has 0 aliphatic carbocycles. The summed E-state index contributed by atoms with van der Waals surface area (Å²) in [5, 5.41) is 7.28. The molecule has 2 bridgehead atoms. The average Bonchev–Trinajstić information content (AvgIpc) is 3.01. The van der Waals surface area contributed by atoms with E-state index in [0.717, 1.165) is 24.9 Å². The molecular weight excluding hydrogens is 204 g/mol. The highest BCUT2D eigenvalue weighted by atomic mass is 16.5. The Morgan fingerprint density at radius 2 is 2.56 bits per heavy atom. The van der Waals surface area contributed by atoms with Gasteiger partial charge in [0.2, 0.25) is 5.89 Å². The van der Waals surface area contributed by atoms with Gasteiger partial charge in [0.25, 0.3) is 0 Å². The number of piperidine rings is 1. The van der Waals surface area contributed by atoms with E-state index in [1.807, 2.05) is 0 Å². The summed E-state index contributed by atoms with van der Waals surface area (Å²) < 4.78 is 5.34.